The Morgan fingerprint density at radius 1 is 0.266 bits per heavy atom. The third-order valence-corrected chi connectivity index (χ3v) is 12.8. The Bertz CT molecular complexity index is 3610. The van der Waals surface area contributed by atoms with Crippen molar-refractivity contribution in [2.24, 2.45) is 0 Å². The van der Waals surface area contributed by atoms with E-state index >= 15 is 0 Å². The minimum absolute atomic E-state index is 1.08. The predicted octanol–water partition coefficient (Wildman–Crippen LogP) is 17.2. The summed E-state index contributed by atoms with van der Waals surface area (Å²) in [6.45, 7) is 0. The van der Waals surface area contributed by atoms with Crippen LogP contribution in [0.1, 0.15) is 0 Å². The molecule has 1 aromatic heterocycles. The molecular formula is C62H42N2. The van der Waals surface area contributed by atoms with E-state index in [0.717, 1.165) is 39.4 Å². The lowest BCUT2D eigenvalue weighted by atomic mass is 9.91. The van der Waals surface area contributed by atoms with Gasteiger partial charge in [-0.25, -0.2) is 0 Å². The molecular weight excluding hydrogens is 773 g/mol. The van der Waals surface area contributed by atoms with Gasteiger partial charge >= 0.3 is 0 Å². The van der Waals surface area contributed by atoms with E-state index in [1.807, 2.05) is 0 Å². The van der Waals surface area contributed by atoms with Crippen LogP contribution in [0.3, 0.4) is 0 Å². The molecule has 0 radical (unpaired) electrons. The van der Waals surface area contributed by atoms with Gasteiger partial charge in [0.2, 0.25) is 0 Å². The van der Waals surface area contributed by atoms with Gasteiger partial charge < -0.3 is 9.47 Å². The highest BCUT2D eigenvalue weighted by atomic mass is 15.1. The second-order valence-electron chi connectivity index (χ2n) is 16.5. The Balaban J connectivity index is 1.06. The van der Waals surface area contributed by atoms with Gasteiger partial charge in [-0.2, -0.15) is 0 Å². The topological polar surface area (TPSA) is 8.17 Å². The summed E-state index contributed by atoms with van der Waals surface area (Å²) in [7, 11) is 0. The quantitative estimate of drug-likeness (QED) is 0.148. The van der Waals surface area contributed by atoms with E-state index in [1.54, 1.807) is 0 Å². The lowest BCUT2D eigenvalue weighted by molar-refractivity contribution is 1.18. The molecule has 12 aromatic rings. The summed E-state index contributed by atoms with van der Waals surface area (Å²) in [6, 6.07) is 92.8. The van der Waals surface area contributed by atoms with Crippen LogP contribution in [-0.4, -0.2) is 4.57 Å². The zero-order valence-corrected chi connectivity index (χ0v) is 35.1. The van der Waals surface area contributed by atoms with Crippen LogP contribution in [0, 0.1) is 0 Å². The Hall–Kier alpha value is -8.46. The first-order valence-electron chi connectivity index (χ1n) is 22.0. The molecule has 2 nitrogen and oxygen atoms in total. The fourth-order valence-corrected chi connectivity index (χ4v) is 9.77. The molecule has 300 valence electrons. The van der Waals surface area contributed by atoms with Crippen LogP contribution in [0.2, 0.25) is 0 Å². The molecule has 1 heterocycles. The van der Waals surface area contributed by atoms with Crippen molar-refractivity contribution in [2.75, 3.05) is 4.90 Å². The molecule has 0 saturated heterocycles. The fraction of sp³-hybridized carbons (Fsp3) is 0. The first kappa shape index (κ1) is 37.3. The van der Waals surface area contributed by atoms with E-state index in [4.69, 9.17) is 0 Å². The Kier molecular flexibility index (Phi) is 9.20. The predicted molar refractivity (Wildman–Crippen MR) is 272 cm³/mol. The van der Waals surface area contributed by atoms with E-state index < -0.39 is 0 Å². The average Bonchev–Trinajstić information content (AvgIpc) is 3.71. The summed E-state index contributed by atoms with van der Waals surface area (Å²) < 4.78 is 2.41. The lowest BCUT2D eigenvalue weighted by Gasteiger charge is -2.28. The summed E-state index contributed by atoms with van der Waals surface area (Å²) in [4.78, 5) is 2.43. The van der Waals surface area contributed by atoms with E-state index in [0.29, 0.717) is 0 Å². The summed E-state index contributed by atoms with van der Waals surface area (Å²) in [5.41, 5.74) is 16.3. The number of aromatic nitrogens is 1. The SMILES string of the molecule is c1ccc(-c2cccc(-c3cc(N(c4ccc(-c5cccc6ccccc56)cc4)c4cccc5ccccc45)ccc3-c3cccc(-n4c5ccccc5c5ccccc54)c3)c2)cc1. The van der Waals surface area contributed by atoms with Gasteiger partial charge in [-0.3, -0.25) is 0 Å². The number of rotatable bonds is 8. The van der Waals surface area contributed by atoms with Crippen molar-refractivity contribution < 1.29 is 0 Å². The average molecular weight is 815 g/mol. The molecule has 0 unspecified atom stereocenters. The molecule has 0 aliphatic carbocycles. The number of benzene rings is 11. The molecule has 0 aliphatic heterocycles. The third-order valence-electron chi connectivity index (χ3n) is 12.8. The number of para-hydroxylation sites is 2. The van der Waals surface area contributed by atoms with Crippen molar-refractivity contribution in [3.05, 3.63) is 255 Å². The molecule has 64 heavy (non-hydrogen) atoms. The van der Waals surface area contributed by atoms with Crippen molar-refractivity contribution in [3.63, 3.8) is 0 Å². The number of anilines is 3. The van der Waals surface area contributed by atoms with Crippen molar-refractivity contribution in [1.29, 1.82) is 0 Å². The fourth-order valence-electron chi connectivity index (χ4n) is 9.77. The second kappa shape index (κ2) is 15.8. The molecule has 0 amide bonds. The summed E-state index contributed by atoms with van der Waals surface area (Å²) in [5, 5.41) is 7.40. The van der Waals surface area contributed by atoms with Crippen LogP contribution in [0.5, 0.6) is 0 Å². The Labute approximate surface area is 373 Å². The highest BCUT2D eigenvalue weighted by molar-refractivity contribution is 6.09. The van der Waals surface area contributed by atoms with Gasteiger partial charge in [0.05, 0.1) is 16.7 Å². The molecule has 2 heteroatoms. The minimum Gasteiger partial charge on any atom is -0.310 e. The maximum absolute atomic E-state index is 2.43. The summed E-state index contributed by atoms with van der Waals surface area (Å²) in [6.07, 6.45) is 0. The summed E-state index contributed by atoms with van der Waals surface area (Å²) >= 11 is 0. The molecule has 0 spiro atoms. The first-order chi connectivity index (χ1) is 31.7. The number of hydrogen-bond acceptors (Lipinski definition) is 1. The number of fused-ring (bicyclic) bond motifs is 5. The standard InChI is InChI=1S/C62H42N2/c1-2-16-43(17-3-1)47-22-12-23-48(40-47)59-42-52(38-39-55(59)49-24-13-25-51(41-49)64-61-31-10-8-28-57(61)58-29-9-11-32-62(58)64)63(60-33-15-21-45-19-5-7-27-56(45)60)50-36-34-46(35-37-50)54-30-14-20-44-18-4-6-26-53(44)54/h1-42H. The first-order valence-corrected chi connectivity index (χ1v) is 22.0. The molecule has 0 saturated carbocycles. The van der Waals surface area contributed by atoms with Gasteiger partial charge in [0.15, 0.2) is 0 Å². The third kappa shape index (κ3) is 6.52. The van der Waals surface area contributed by atoms with Crippen LogP contribution in [-0.2, 0) is 0 Å². The smallest absolute Gasteiger partial charge is 0.0541 e. The van der Waals surface area contributed by atoms with Crippen molar-refractivity contribution in [3.8, 4) is 50.2 Å². The van der Waals surface area contributed by atoms with Gasteiger partial charge in [0, 0.05) is 33.2 Å². The number of nitrogens with zero attached hydrogens (tertiary/aromatic N) is 2. The van der Waals surface area contributed by atoms with Crippen LogP contribution in [0.4, 0.5) is 17.1 Å². The molecule has 0 fully saturated rings. The zero-order valence-electron chi connectivity index (χ0n) is 35.1. The van der Waals surface area contributed by atoms with Gasteiger partial charge in [0.1, 0.15) is 0 Å². The van der Waals surface area contributed by atoms with Crippen LogP contribution in [0.25, 0.3) is 93.5 Å². The van der Waals surface area contributed by atoms with E-state index in [9.17, 15) is 0 Å². The van der Waals surface area contributed by atoms with Crippen molar-refractivity contribution in [2.45, 2.75) is 0 Å². The van der Waals surface area contributed by atoms with E-state index in [1.165, 1.54) is 71.2 Å². The Morgan fingerprint density at radius 2 is 0.797 bits per heavy atom. The highest BCUT2D eigenvalue weighted by Gasteiger charge is 2.20. The zero-order chi connectivity index (χ0) is 42.4. The molecule has 0 atom stereocenters. The maximum Gasteiger partial charge on any atom is 0.0541 e. The van der Waals surface area contributed by atoms with Gasteiger partial charge in [-0.05, 0) is 121 Å². The van der Waals surface area contributed by atoms with Gasteiger partial charge in [-0.1, -0.05) is 194 Å². The van der Waals surface area contributed by atoms with Crippen molar-refractivity contribution >= 4 is 60.4 Å². The van der Waals surface area contributed by atoms with Crippen LogP contribution < -0.4 is 4.90 Å². The minimum atomic E-state index is 1.08. The number of hydrogen-bond donors (Lipinski definition) is 0. The van der Waals surface area contributed by atoms with Crippen LogP contribution in [0.15, 0.2) is 255 Å². The second-order valence-corrected chi connectivity index (χ2v) is 16.5. The molecule has 11 aromatic carbocycles. The molecule has 0 N–H and O–H groups in total. The van der Waals surface area contributed by atoms with Crippen molar-refractivity contribution in [1.82, 2.24) is 4.57 Å². The molecule has 12 rings (SSSR count). The van der Waals surface area contributed by atoms with Gasteiger partial charge in [0.25, 0.3) is 0 Å². The van der Waals surface area contributed by atoms with Crippen LogP contribution >= 0.6 is 0 Å². The summed E-state index contributed by atoms with van der Waals surface area (Å²) in [5.74, 6) is 0. The Morgan fingerprint density at radius 3 is 1.55 bits per heavy atom. The highest BCUT2D eigenvalue weighted by Crippen LogP contribution is 2.45. The monoisotopic (exact) mass is 814 g/mol. The largest absolute Gasteiger partial charge is 0.310 e. The lowest BCUT2D eigenvalue weighted by Crippen LogP contribution is -2.11. The van der Waals surface area contributed by atoms with Gasteiger partial charge in [-0.15, -0.1) is 0 Å². The maximum atomic E-state index is 2.43. The van der Waals surface area contributed by atoms with E-state index in [2.05, 4.69) is 264 Å². The molecule has 0 aliphatic rings. The normalized spacial score (nSPS) is 11.4. The molecule has 0 bridgehead atoms. The van der Waals surface area contributed by atoms with E-state index in [-0.39, 0.29) is 0 Å².